The maximum Gasteiger partial charge on any atom is 0.244 e. The van der Waals surface area contributed by atoms with E-state index < -0.39 is 0 Å². The number of rotatable bonds is 6. The van der Waals surface area contributed by atoms with E-state index in [1.165, 1.54) is 23.8 Å². The molecule has 0 heterocycles. The Bertz CT molecular complexity index is 637. The first-order valence-corrected chi connectivity index (χ1v) is 7.41. The van der Waals surface area contributed by atoms with Gasteiger partial charge in [-0.1, -0.05) is 42.5 Å². The Kier molecular flexibility index (Phi) is 5.90. The standard InChI is InChI=1S/C19H20FNO/c1-15(10-11-16-6-3-2-4-7-16)21-19(22)13-12-17-8-5-9-18(20)14-17/h2-9,12-15H,10-11H2,1H3,(H,21,22)/b13-12+. The summed E-state index contributed by atoms with van der Waals surface area (Å²) in [4.78, 5) is 11.8. The maximum atomic E-state index is 13.0. The molecular formula is C19H20FNO. The largest absolute Gasteiger partial charge is 0.350 e. The summed E-state index contributed by atoms with van der Waals surface area (Å²) < 4.78 is 13.0. The lowest BCUT2D eigenvalue weighted by atomic mass is 10.1. The van der Waals surface area contributed by atoms with Crippen molar-refractivity contribution in [2.24, 2.45) is 0 Å². The number of carbonyl (C=O) groups is 1. The van der Waals surface area contributed by atoms with E-state index in [-0.39, 0.29) is 17.8 Å². The topological polar surface area (TPSA) is 29.1 Å². The molecule has 3 heteroatoms. The second-order valence-electron chi connectivity index (χ2n) is 5.32. The number of nitrogens with one attached hydrogen (secondary N) is 1. The summed E-state index contributed by atoms with van der Waals surface area (Å²) in [6, 6.07) is 16.4. The Morgan fingerprint density at radius 3 is 2.68 bits per heavy atom. The minimum Gasteiger partial charge on any atom is -0.350 e. The van der Waals surface area contributed by atoms with Crippen molar-refractivity contribution in [3.63, 3.8) is 0 Å². The molecule has 0 saturated carbocycles. The van der Waals surface area contributed by atoms with Crippen LogP contribution in [0, 0.1) is 5.82 Å². The monoisotopic (exact) mass is 297 g/mol. The van der Waals surface area contributed by atoms with Crippen LogP contribution in [0.15, 0.2) is 60.7 Å². The van der Waals surface area contributed by atoms with Crippen molar-refractivity contribution in [1.82, 2.24) is 5.32 Å². The number of benzene rings is 2. The van der Waals surface area contributed by atoms with Crippen LogP contribution in [0.25, 0.3) is 6.08 Å². The van der Waals surface area contributed by atoms with Gasteiger partial charge < -0.3 is 5.32 Å². The highest BCUT2D eigenvalue weighted by Crippen LogP contribution is 2.06. The fourth-order valence-electron chi connectivity index (χ4n) is 2.17. The molecular weight excluding hydrogens is 277 g/mol. The number of carbonyl (C=O) groups excluding carboxylic acids is 1. The lowest BCUT2D eigenvalue weighted by Crippen LogP contribution is -2.31. The highest BCUT2D eigenvalue weighted by molar-refractivity contribution is 5.91. The molecule has 1 amide bonds. The third-order valence-corrected chi connectivity index (χ3v) is 3.37. The van der Waals surface area contributed by atoms with Crippen LogP contribution in [0.3, 0.4) is 0 Å². The Morgan fingerprint density at radius 2 is 1.95 bits per heavy atom. The average Bonchev–Trinajstić information content (AvgIpc) is 2.52. The first kappa shape index (κ1) is 16.0. The molecule has 0 saturated heterocycles. The number of hydrogen-bond acceptors (Lipinski definition) is 1. The van der Waals surface area contributed by atoms with Crippen molar-refractivity contribution in [3.05, 3.63) is 77.6 Å². The number of aryl methyl sites for hydroxylation is 1. The molecule has 0 aliphatic heterocycles. The van der Waals surface area contributed by atoms with Crippen LogP contribution in [-0.4, -0.2) is 11.9 Å². The van der Waals surface area contributed by atoms with E-state index >= 15 is 0 Å². The molecule has 1 N–H and O–H groups in total. The zero-order valence-electron chi connectivity index (χ0n) is 12.6. The molecule has 2 rings (SSSR count). The minimum absolute atomic E-state index is 0.0878. The van der Waals surface area contributed by atoms with E-state index in [4.69, 9.17) is 0 Å². The van der Waals surface area contributed by atoms with Gasteiger partial charge in [-0.25, -0.2) is 4.39 Å². The van der Waals surface area contributed by atoms with E-state index in [0.717, 1.165) is 12.8 Å². The third-order valence-electron chi connectivity index (χ3n) is 3.37. The van der Waals surface area contributed by atoms with Crippen molar-refractivity contribution in [1.29, 1.82) is 0 Å². The van der Waals surface area contributed by atoms with Gasteiger partial charge in [-0.2, -0.15) is 0 Å². The quantitative estimate of drug-likeness (QED) is 0.803. The average molecular weight is 297 g/mol. The van der Waals surface area contributed by atoms with Gasteiger partial charge in [-0.3, -0.25) is 4.79 Å². The zero-order valence-corrected chi connectivity index (χ0v) is 12.6. The molecule has 0 radical (unpaired) electrons. The van der Waals surface area contributed by atoms with Crippen molar-refractivity contribution >= 4 is 12.0 Å². The summed E-state index contributed by atoms with van der Waals surface area (Å²) in [5.41, 5.74) is 1.94. The minimum atomic E-state index is -0.307. The van der Waals surface area contributed by atoms with E-state index in [9.17, 15) is 9.18 Å². The fraction of sp³-hybridized carbons (Fsp3) is 0.211. The predicted octanol–water partition coefficient (Wildman–Crippen LogP) is 3.98. The van der Waals surface area contributed by atoms with Crippen LogP contribution in [0.4, 0.5) is 4.39 Å². The molecule has 0 bridgehead atoms. The molecule has 2 aromatic rings. The Labute approximate surface area is 130 Å². The molecule has 0 aliphatic rings. The Balaban J connectivity index is 1.78. The van der Waals surface area contributed by atoms with Gasteiger partial charge in [0.05, 0.1) is 0 Å². The second kappa shape index (κ2) is 8.13. The van der Waals surface area contributed by atoms with Crippen LogP contribution in [0.2, 0.25) is 0 Å². The summed E-state index contributed by atoms with van der Waals surface area (Å²) in [6.07, 6.45) is 4.86. The van der Waals surface area contributed by atoms with Gasteiger partial charge >= 0.3 is 0 Å². The van der Waals surface area contributed by atoms with Crippen LogP contribution in [0.5, 0.6) is 0 Å². The van der Waals surface area contributed by atoms with Crippen molar-refractivity contribution in [2.75, 3.05) is 0 Å². The van der Waals surface area contributed by atoms with Gasteiger partial charge in [-0.05, 0) is 49.1 Å². The summed E-state index contributed by atoms with van der Waals surface area (Å²) in [5, 5.41) is 2.92. The second-order valence-corrected chi connectivity index (χ2v) is 5.32. The highest BCUT2D eigenvalue weighted by atomic mass is 19.1. The van der Waals surface area contributed by atoms with Gasteiger partial charge in [0.25, 0.3) is 0 Å². The van der Waals surface area contributed by atoms with Crippen molar-refractivity contribution in [2.45, 2.75) is 25.8 Å². The van der Waals surface area contributed by atoms with Crippen molar-refractivity contribution < 1.29 is 9.18 Å². The van der Waals surface area contributed by atoms with Crippen LogP contribution < -0.4 is 5.32 Å². The molecule has 114 valence electrons. The van der Waals surface area contributed by atoms with E-state index in [0.29, 0.717) is 5.56 Å². The molecule has 2 nitrogen and oxygen atoms in total. The van der Waals surface area contributed by atoms with Gasteiger partial charge in [0.15, 0.2) is 0 Å². The molecule has 22 heavy (non-hydrogen) atoms. The number of amides is 1. The molecule has 2 aromatic carbocycles. The summed E-state index contributed by atoms with van der Waals surface area (Å²) >= 11 is 0. The van der Waals surface area contributed by atoms with Crippen LogP contribution in [-0.2, 0) is 11.2 Å². The van der Waals surface area contributed by atoms with E-state index in [1.54, 1.807) is 18.2 Å². The molecule has 0 aromatic heterocycles. The Hall–Kier alpha value is -2.42. The van der Waals surface area contributed by atoms with Gasteiger partial charge in [0, 0.05) is 12.1 Å². The summed E-state index contributed by atoms with van der Waals surface area (Å²) in [6.45, 7) is 1.98. The molecule has 0 spiro atoms. The fourth-order valence-corrected chi connectivity index (χ4v) is 2.17. The van der Waals surface area contributed by atoms with Crippen LogP contribution in [0.1, 0.15) is 24.5 Å². The smallest absolute Gasteiger partial charge is 0.244 e. The van der Waals surface area contributed by atoms with Gasteiger partial charge in [0.2, 0.25) is 5.91 Å². The molecule has 0 fully saturated rings. The summed E-state index contributed by atoms with van der Waals surface area (Å²) in [7, 11) is 0. The van der Waals surface area contributed by atoms with Crippen LogP contribution >= 0.6 is 0 Å². The van der Waals surface area contributed by atoms with E-state index in [2.05, 4.69) is 17.4 Å². The lowest BCUT2D eigenvalue weighted by Gasteiger charge is -2.12. The maximum absolute atomic E-state index is 13.0. The van der Waals surface area contributed by atoms with Gasteiger partial charge in [-0.15, -0.1) is 0 Å². The van der Waals surface area contributed by atoms with Gasteiger partial charge in [0.1, 0.15) is 5.82 Å². The number of hydrogen-bond donors (Lipinski definition) is 1. The SMILES string of the molecule is CC(CCc1ccccc1)NC(=O)/C=C/c1cccc(F)c1. The normalized spacial score (nSPS) is 12.3. The molecule has 0 aliphatic carbocycles. The predicted molar refractivity (Wildman–Crippen MR) is 87.8 cm³/mol. The molecule has 1 unspecified atom stereocenters. The Morgan fingerprint density at radius 1 is 1.18 bits per heavy atom. The zero-order chi connectivity index (χ0) is 15.8. The van der Waals surface area contributed by atoms with E-state index in [1.807, 2.05) is 25.1 Å². The first-order valence-electron chi connectivity index (χ1n) is 7.41. The lowest BCUT2D eigenvalue weighted by molar-refractivity contribution is -0.117. The van der Waals surface area contributed by atoms with Crippen molar-refractivity contribution in [3.8, 4) is 0 Å². The molecule has 1 atom stereocenters. The third kappa shape index (κ3) is 5.52. The highest BCUT2D eigenvalue weighted by Gasteiger charge is 2.05. The first-order chi connectivity index (χ1) is 10.6. The number of halogens is 1. The summed E-state index contributed by atoms with van der Waals surface area (Å²) in [5.74, 6) is -0.469.